The monoisotopic (exact) mass is 277 g/mol. The number of rotatable bonds is 2. The lowest BCUT2D eigenvalue weighted by molar-refractivity contribution is 0.518. The molecule has 0 aliphatic carbocycles. The molecule has 0 bridgehead atoms. The molecule has 2 aromatic rings. The van der Waals surface area contributed by atoms with Gasteiger partial charge >= 0.3 is 0 Å². The first-order valence-electron chi connectivity index (χ1n) is 4.01. The first kappa shape index (κ1) is 9.98. The van der Waals surface area contributed by atoms with Gasteiger partial charge in [-0.05, 0) is 12.1 Å². The van der Waals surface area contributed by atoms with Crippen LogP contribution in [-0.4, -0.2) is 10.3 Å². The molecule has 0 aliphatic rings. The van der Waals surface area contributed by atoms with E-state index in [1.807, 2.05) is 0 Å². The van der Waals surface area contributed by atoms with Gasteiger partial charge in [0.1, 0.15) is 0 Å². The van der Waals surface area contributed by atoms with Crippen molar-refractivity contribution in [1.29, 1.82) is 0 Å². The number of fused-ring (bicyclic) bond motifs is 1. The average molecular weight is 278 g/mol. The summed E-state index contributed by atoms with van der Waals surface area (Å²) in [5.74, 6) is -1.60. The molecule has 0 saturated carbocycles. The Kier molecular flexibility index (Phi) is 2.78. The van der Waals surface area contributed by atoms with Gasteiger partial charge < -0.3 is 0 Å². The predicted molar refractivity (Wildman–Crippen MR) is 57.0 cm³/mol. The normalized spacial score (nSPS) is 11.1. The number of halogens is 3. The lowest BCUT2D eigenvalue weighted by atomic mass is 10.3. The first-order valence-corrected chi connectivity index (χ1v) is 5.95. The van der Waals surface area contributed by atoms with Crippen molar-refractivity contribution in [2.75, 3.05) is 5.33 Å². The molecule has 14 heavy (non-hydrogen) atoms. The molecular formula is C9H6BrF2NS. The van der Waals surface area contributed by atoms with E-state index >= 15 is 0 Å². The number of aromatic nitrogens is 1. The second-order valence-corrected chi connectivity index (χ2v) is 4.63. The number of aryl methyl sites for hydroxylation is 1. The van der Waals surface area contributed by atoms with E-state index in [1.54, 1.807) is 0 Å². The summed E-state index contributed by atoms with van der Waals surface area (Å²) in [6.07, 6.45) is 0.737. The van der Waals surface area contributed by atoms with Crippen molar-refractivity contribution in [3.8, 4) is 0 Å². The number of thiazole rings is 1. The molecule has 0 N–H and O–H groups in total. The van der Waals surface area contributed by atoms with Crippen LogP contribution in [0.3, 0.4) is 0 Å². The first-order chi connectivity index (χ1) is 6.72. The van der Waals surface area contributed by atoms with Crippen LogP contribution in [-0.2, 0) is 6.42 Å². The summed E-state index contributed by atoms with van der Waals surface area (Å²) in [6, 6.07) is 2.61. The van der Waals surface area contributed by atoms with Gasteiger partial charge in [0.2, 0.25) is 0 Å². The minimum absolute atomic E-state index is 0.306. The zero-order valence-electron chi connectivity index (χ0n) is 7.06. The Labute approximate surface area is 91.9 Å². The van der Waals surface area contributed by atoms with E-state index in [0.29, 0.717) is 10.2 Å². The van der Waals surface area contributed by atoms with Gasteiger partial charge in [-0.3, -0.25) is 0 Å². The van der Waals surface area contributed by atoms with Crippen molar-refractivity contribution >= 4 is 37.5 Å². The molecule has 0 amide bonds. The minimum Gasteiger partial charge on any atom is -0.241 e. The molecule has 1 heterocycles. The summed E-state index contributed by atoms with van der Waals surface area (Å²) in [5.41, 5.74) is 0.532. The Morgan fingerprint density at radius 2 is 2.14 bits per heavy atom. The van der Waals surface area contributed by atoms with Gasteiger partial charge in [-0.25, -0.2) is 13.8 Å². The van der Waals surface area contributed by atoms with E-state index in [4.69, 9.17) is 0 Å². The van der Waals surface area contributed by atoms with E-state index in [9.17, 15) is 8.78 Å². The largest absolute Gasteiger partial charge is 0.241 e. The summed E-state index contributed by atoms with van der Waals surface area (Å²) >= 11 is 4.48. The Hall–Kier alpha value is -0.550. The molecule has 0 fully saturated rings. The predicted octanol–water partition coefficient (Wildman–Crippen LogP) is 3.51. The number of hydrogen-bond acceptors (Lipinski definition) is 2. The molecule has 1 aromatic carbocycles. The summed E-state index contributed by atoms with van der Waals surface area (Å²) < 4.78 is 26.4. The van der Waals surface area contributed by atoms with Gasteiger partial charge in [-0.2, -0.15) is 0 Å². The van der Waals surface area contributed by atoms with Crippen LogP contribution < -0.4 is 0 Å². The van der Waals surface area contributed by atoms with Crippen molar-refractivity contribution in [3.63, 3.8) is 0 Å². The Morgan fingerprint density at radius 1 is 1.36 bits per heavy atom. The molecule has 0 atom stereocenters. The smallest absolute Gasteiger partial charge is 0.178 e. The summed E-state index contributed by atoms with van der Waals surface area (Å²) in [6.45, 7) is 0. The van der Waals surface area contributed by atoms with Crippen LogP contribution in [0.1, 0.15) is 5.01 Å². The Bertz CT molecular complexity index is 469. The third-order valence-electron chi connectivity index (χ3n) is 1.80. The van der Waals surface area contributed by atoms with Crippen molar-refractivity contribution in [3.05, 3.63) is 28.8 Å². The van der Waals surface area contributed by atoms with Crippen LogP contribution in [0.15, 0.2) is 12.1 Å². The highest BCUT2D eigenvalue weighted by Gasteiger charge is 2.11. The van der Waals surface area contributed by atoms with Gasteiger partial charge in [0, 0.05) is 11.8 Å². The van der Waals surface area contributed by atoms with E-state index in [1.165, 1.54) is 17.4 Å². The highest BCUT2D eigenvalue weighted by molar-refractivity contribution is 9.09. The second-order valence-electron chi connectivity index (χ2n) is 2.76. The van der Waals surface area contributed by atoms with E-state index in [2.05, 4.69) is 20.9 Å². The molecular weight excluding hydrogens is 272 g/mol. The van der Waals surface area contributed by atoms with Gasteiger partial charge in [0.15, 0.2) is 11.6 Å². The Morgan fingerprint density at radius 3 is 2.86 bits per heavy atom. The molecule has 74 valence electrons. The number of hydrogen-bond donors (Lipinski definition) is 0. The van der Waals surface area contributed by atoms with Gasteiger partial charge in [-0.15, -0.1) is 11.3 Å². The summed E-state index contributed by atoms with van der Waals surface area (Å²) in [4.78, 5) is 4.19. The van der Waals surface area contributed by atoms with Crippen molar-refractivity contribution < 1.29 is 8.78 Å². The van der Waals surface area contributed by atoms with Crippen LogP contribution in [0.5, 0.6) is 0 Å². The fourth-order valence-electron chi connectivity index (χ4n) is 1.17. The van der Waals surface area contributed by atoms with Crippen LogP contribution in [0, 0.1) is 11.6 Å². The fraction of sp³-hybridized carbons (Fsp3) is 0.222. The molecule has 0 unspecified atom stereocenters. The van der Waals surface area contributed by atoms with Crippen LogP contribution in [0.4, 0.5) is 8.78 Å². The lowest BCUT2D eigenvalue weighted by Crippen LogP contribution is -1.83. The third-order valence-corrected chi connectivity index (χ3v) is 3.32. The zero-order valence-corrected chi connectivity index (χ0v) is 9.46. The highest BCUT2D eigenvalue weighted by Crippen LogP contribution is 2.26. The maximum atomic E-state index is 13.2. The zero-order chi connectivity index (χ0) is 10.1. The standard InChI is InChI=1S/C9H6BrF2NS/c10-4-3-7-13-6-2-1-5(11)8(12)9(6)14-7/h1-2H,3-4H2. The SMILES string of the molecule is Fc1ccc2nc(CCBr)sc2c1F. The van der Waals surface area contributed by atoms with Gasteiger partial charge in [-0.1, -0.05) is 15.9 Å². The number of nitrogens with zero attached hydrogens (tertiary/aromatic N) is 1. The quantitative estimate of drug-likeness (QED) is 0.766. The van der Waals surface area contributed by atoms with Crippen molar-refractivity contribution in [2.24, 2.45) is 0 Å². The summed E-state index contributed by atoms with van der Waals surface area (Å²) in [5, 5.41) is 1.60. The number of benzene rings is 1. The second kappa shape index (κ2) is 3.90. The minimum atomic E-state index is -0.813. The molecule has 0 radical (unpaired) electrons. The molecule has 5 heteroatoms. The van der Waals surface area contributed by atoms with Crippen LogP contribution in [0.25, 0.3) is 10.2 Å². The molecule has 0 spiro atoms. The van der Waals surface area contributed by atoms with Crippen LogP contribution >= 0.6 is 27.3 Å². The molecule has 0 saturated heterocycles. The lowest BCUT2D eigenvalue weighted by Gasteiger charge is -1.90. The maximum Gasteiger partial charge on any atom is 0.178 e. The molecule has 2 rings (SSSR count). The third kappa shape index (κ3) is 1.66. The van der Waals surface area contributed by atoms with Crippen LogP contribution in [0.2, 0.25) is 0 Å². The maximum absolute atomic E-state index is 13.2. The molecule has 1 aromatic heterocycles. The average Bonchev–Trinajstić information content (AvgIpc) is 2.56. The fourth-order valence-corrected chi connectivity index (χ4v) is 2.80. The highest BCUT2D eigenvalue weighted by atomic mass is 79.9. The molecule has 1 nitrogen and oxygen atoms in total. The van der Waals surface area contributed by atoms with E-state index < -0.39 is 11.6 Å². The molecule has 0 aliphatic heterocycles. The Balaban J connectivity index is 2.59. The van der Waals surface area contributed by atoms with Gasteiger partial charge in [0.05, 0.1) is 15.2 Å². The van der Waals surface area contributed by atoms with Crippen molar-refractivity contribution in [2.45, 2.75) is 6.42 Å². The van der Waals surface area contributed by atoms with Gasteiger partial charge in [0.25, 0.3) is 0 Å². The number of alkyl halides is 1. The van der Waals surface area contributed by atoms with E-state index in [0.717, 1.165) is 22.8 Å². The van der Waals surface area contributed by atoms with E-state index in [-0.39, 0.29) is 0 Å². The summed E-state index contributed by atoms with van der Waals surface area (Å²) in [7, 11) is 0. The topological polar surface area (TPSA) is 12.9 Å². The van der Waals surface area contributed by atoms with Crippen molar-refractivity contribution in [1.82, 2.24) is 4.98 Å².